The van der Waals surface area contributed by atoms with Gasteiger partial charge in [-0.2, -0.15) is 0 Å². The summed E-state index contributed by atoms with van der Waals surface area (Å²) in [5.41, 5.74) is 4.51. The summed E-state index contributed by atoms with van der Waals surface area (Å²) in [7, 11) is 1.67. The van der Waals surface area contributed by atoms with E-state index in [0.29, 0.717) is 55.7 Å². The molecule has 0 aromatic heterocycles. The van der Waals surface area contributed by atoms with Crippen LogP contribution in [0.4, 0.5) is 5.69 Å². The summed E-state index contributed by atoms with van der Waals surface area (Å²) >= 11 is 0. The second-order valence-electron chi connectivity index (χ2n) is 13.6. The van der Waals surface area contributed by atoms with Gasteiger partial charge in [-0.25, -0.2) is 0 Å². The third kappa shape index (κ3) is 6.72. The number of methoxy groups -OCH3 is 1. The van der Waals surface area contributed by atoms with Gasteiger partial charge in [0.2, 0.25) is 0 Å². The van der Waals surface area contributed by atoms with Crippen molar-refractivity contribution in [2.45, 2.75) is 95.5 Å². The molecule has 2 aromatic carbocycles. The standard InChI is InChI=1S/C36H49N3O4/c1-43-32-24-28(33(40)38-19-21-39(22-20-38)34(41)36(42)17-18-36)11-13-30(32)27-12-14-31-29(23-27)25-35(26-37-31)15-9-7-5-3-2-4-6-8-10-16-35/h11-14,23-24,37,42H,2-10,15-22,25-26H2,1H3. The van der Waals surface area contributed by atoms with Gasteiger partial charge in [0, 0.05) is 49.5 Å². The van der Waals surface area contributed by atoms with E-state index in [-0.39, 0.29) is 11.8 Å². The number of anilines is 1. The van der Waals surface area contributed by atoms with Gasteiger partial charge in [0.1, 0.15) is 11.4 Å². The van der Waals surface area contributed by atoms with Crippen LogP contribution in [0.2, 0.25) is 0 Å². The third-order valence-electron chi connectivity index (χ3n) is 10.5. The number of nitrogens with zero attached hydrogens (tertiary/aromatic N) is 2. The predicted octanol–water partition coefficient (Wildman–Crippen LogP) is 6.43. The number of piperazine rings is 1. The lowest BCUT2D eigenvalue weighted by atomic mass is 9.71. The Kier molecular flexibility index (Phi) is 8.99. The highest BCUT2D eigenvalue weighted by Gasteiger charge is 2.50. The highest BCUT2D eigenvalue weighted by Crippen LogP contribution is 2.43. The maximum atomic E-state index is 13.4. The Hall–Kier alpha value is -3.06. The van der Waals surface area contributed by atoms with Crippen molar-refractivity contribution < 1.29 is 19.4 Å². The van der Waals surface area contributed by atoms with Crippen molar-refractivity contribution in [1.82, 2.24) is 9.80 Å². The van der Waals surface area contributed by atoms with Gasteiger partial charge >= 0.3 is 0 Å². The topological polar surface area (TPSA) is 82.1 Å². The molecule has 2 saturated carbocycles. The van der Waals surface area contributed by atoms with Gasteiger partial charge in [-0.1, -0.05) is 63.9 Å². The fraction of sp³-hybridized carbons (Fsp3) is 0.611. The van der Waals surface area contributed by atoms with E-state index >= 15 is 0 Å². The minimum atomic E-state index is -1.16. The zero-order chi connectivity index (χ0) is 29.9. The smallest absolute Gasteiger partial charge is 0.254 e. The molecule has 232 valence electrons. The minimum Gasteiger partial charge on any atom is -0.496 e. The number of nitrogens with one attached hydrogen (secondary N) is 1. The number of rotatable bonds is 4. The van der Waals surface area contributed by atoms with Crippen LogP contribution in [0.25, 0.3) is 11.1 Å². The molecule has 7 nitrogen and oxygen atoms in total. The Morgan fingerprint density at radius 1 is 0.791 bits per heavy atom. The van der Waals surface area contributed by atoms with E-state index in [1.165, 1.54) is 81.9 Å². The van der Waals surface area contributed by atoms with Crippen molar-refractivity contribution in [2.75, 3.05) is 45.2 Å². The first-order valence-electron chi connectivity index (χ1n) is 16.8. The monoisotopic (exact) mass is 587 g/mol. The average molecular weight is 588 g/mol. The number of carbonyl (C=O) groups is 2. The van der Waals surface area contributed by atoms with Crippen molar-refractivity contribution in [3.05, 3.63) is 47.5 Å². The lowest BCUT2D eigenvalue weighted by molar-refractivity contribution is -0.143. The molecule has 2 aliphatic carbocycles. The largest absolute Gasteiger partial charge is 0.496 e. The molecule has 2 aromatic rings. The number of amides is 2. The Bertz CT molecular complexity index is 1300. The van der Waals surface area contributed by atoms with Crippen LogP contribution < -0.4 is 10.1 Å². The van der Waals surface area contributed by atoms with E-state index in [1.807, 2.05) is 18.2 Å². The van der Waals surface area contributed by atoms with Gasteiger partial charge in [-0.05, 0) is 79.0 Å². The molecule has 2 N–H and O–H groups in total. The van der Waals surface area contributed by atoms with Crippen molar-refractivity contribution in [3.8, 4) is 16.9 Å². The van der Waals surface area contributed by atoms with Crippen LogP contribution in [0, 0.1) is 5.41 Å². The van der Waals surface area contributed by atoms with Crippen molar-refractivity contribution in [2.24, 2.45) is 5.41 Å². The maximum Gasteiger partial charge on any atom is 0.254 e. The molecule has 7 heteroatoms. The summed E-state index contributed by atoms with van der Waals surface area (Å²) in [6.07, 6.45) is 17.1. The quantitative estimate of drug-likeness (QED) is 0.431. The summed E-state index contributed by atoms with van der Waals surface area (Å²) in [4.78, 5) is 29.4. The Labute approximate surface area is 257 Å². The molecule has 2 aliphatic heterocycles. The summed E-state index contributed by atoms with van der Waals surface area (Å²) in [6.45, 7) is 2.90. The summed E-state index contributed by atoms with van der Waals surface area (Å²) in [5, 5.41) is 14.0. The van der Waals surface area contributed by atoms with Crippen LogP contribution in [0.1, 0.15) is 99.4 Å². The zero-order valence-electron chi connectivity index (χ0n) is 26.0. The van der Waals surface area contributed by atoms with Crippen molar-refractivity contribution in [3.63, 3.8) is 0 Å². The molecule has 6 rings (SSSR count). The van der Waals surface area contributed by atoms with Gasteiger partial charge in [0.25, 0.3) is 11.8 Å². The molecule has 0 atom stereocenters. The molecular formula is C36H49N3O4. The molecule has 0 unspecified atom stereocenters. The molecule has 1 spiro atoms. The second kappa shape index (κ2) is 12.9. The molecule has 2 heterocycles. The van der Waals surface area contributed by atoms with Gasteiger partial charge in [0.15, 0.2) is 0 Å². The number of fused-ring (bicyclic) bond motifs is 1. The third-order valence-corrected chi connectivity index (χ3v) is 10.5. The Morgan fingerprint density at radius 2 is 1.42 bits per heavy atom. The first kappa shape index (κ1) is 30.0. The highest BCUT2D eigenvalue weighted by atomic mass is 16.5. The molecule has 3 fully saturated rings. The second-order valence-corrected chi connectivity index (χ2v) is 13.6. The van der Waals surface area contributed by atoms with E-state index < -0.39 is 5.60 Å². The normalized spacial score (nSPS) is 22.0. The van der Waals surface area contributed by atoms with Gasteiger partial charge in [0.05, 0.1) is 7.11 Å². The summed E-state index contributed by atoms with van der Waals surface area (Å²) in [6, 6.07) is 12.5. The van der Waals surface area contributed by atoms with Crippen LogP contribution in [0.3, 0.4) is 0 Å². The van der Waals surface area contributed by atoms with E-state index in [4.69, 9.17) is 4.74 Å². The van der Waals surface area contributed by atoms with Crippen LogP contribution in [-0.4, -0.2) is 72.2 Å². The number of hydrogen-bond donors (Lipinski definition) is 2. The zero-order valence-corrected chi connectivity index (χ0v) is 26.0. The maximum absolute atomic E-state index is 13.4. The van der Waals surface area contributed by atoms with Gasteiger partial charge in [-0.15, -0.1) is 0 Å². The Balaban J connectivity index is 1.15. The molecule has 43 heavy (non-hydrogen) atoms. The van der Waals surface area contributed by atoms with Crippen molar-refractivity contribution >= 4 is 17.5 Å². The fourth-order valence-electron chi connectivity index (χ4n) is 7.53. The van der Waals surface area contributed by atoms with Crippen LogP contribution in [0.5, 0.6) is 5.75 Å². The van der Waals surface area contributed by atoms with Gasteiger partial charge < -0.3 is 25.0 Å². The van der Waals surface area contributed by atoms with Crippen molar-refractivity contribution in [1.29, 1.82) is 0 Å². The van der Waals surface area contributed by atoms with Crippen LogP contribution >= 0.6 is 0 Å². The molecule has 0 bridgehead atoms. The van der Waals surface area contributed by atoms with E-state index in [9.17, 15) is 14.7 Å². The molecule has 4 aliphatic rings. The fourth-order valence-corrected chi connectivity index (χ4v) is 7.53. The van der Waals surface area contributed by atoms with Crippen LogP contribution in [-0.2, 0) is 11.2 Å². The number of benzene rings is 2. The summed E-state index contributed by atoms with van der Waals surface area (Å²) < 4.78 is 5.84. The molecule has 0 radical (unpaired) electrons. The van der Waals surface area contributed by atoms with E-state index in [1.54, 1.807) is 16.9 Å². The molecule has 1 saturated heterocycles. The number of carbonyl (C=O) groups excluding carboxylic acids is 2. The Morgan fingerprint density at radius 3 is 2.05 bits per heavy atom. The minimum absolute atomic E-state index is 0.0545. The summed E-state index contributed by atoms with van der Waals surface area (Å²) in [5.74, 6) is 0.448. The predicted molar refractivity (Wildman–Crippen MR) is 171 cm³/mol. The SMILES string of the molecule is COc1cc(C(=O)N2CCN(C(=O)C3(O)CC3)CC2)ccc1-c1ccc2c(c1)CC1(CCCCCCCCCCC1)CN2. The number of ether oxygens (including phenoxy) is 1. The van der Waals surface area contributed by atoms with Crippen LogP contribution in [0.15, 0.2) is 36.4 Å². The van der Waals surface area contributed by atoms with E-state index in [2.05, 4.69) is 23.5 Å². The average Bonchev–Trinajstić information content (AvgIpc) is 3.79. The molecular weight excluding hydrogens is 538 g/mol. The van der Waals surface area contributed by atoms with E-state index in [0.717, 1.165) is 24.1 Å². The van der Waals surface area contributed by atoms with Gasteiger partial charge in [-0.3, -0.25) is 9.59 Å². The lowest BCUT2D eigenvalue weighted by Crippen LogP contribution is -2.53. The first-order valence-corrected chi connectivity index (χ1v) is 16.8. The number of hydrogen-bond acceptors (Lipinski definition) is 5. The molecule has 2 amide bonds. The highest BCUT2D eigenvalue weighted by molar-refractivity contribution is 5.96. The number of aliphatic hydroxyl groups is 1. The lowest BCUT2D eigenvalue weighted by Gasteiger charge is -2.40. The first-order chi connectivity index (χ1) is 20.9.